The number of carboxylic acids is 2. The van der Waals surface area contributed by atoms with Gasteiger partial charge in [-0.05, 0) is 51.7 Å². The molecule has 0 aliphatic rings. The van der Waals surface area contributed by atoms with Crippen LogP contribution in [0.1, 0.15) is 54.6 Å². The Morgan fingerprint density at radius 1 is 1.00 bits per heavy atom. The Labute approximate surface area is 183 Å². The smallest absolute Gasteiger partial charge is 0.318 e. The van der Waals surface area contributed by atoms with E-state index < -0.39 is 17.9 Å². The van der Waals surface area contributed by atoms with Crippen molar-refractivity contribution < 1.29 is 24.5 Å². The Hall–Kier alpha value is -3.09. The predicted octanol–water partition coefficient (Wildman–Crippen LogP) is 4.95. The van der Waals surface area contributed by atoms with Gasteiger partial charge in [-0.3, -0.25) is 9.59 Å². The number of rotatable bonds is 10. The molecule has 0 amide bonds. The van der Waals surface area contributed by atoms with Gasteiger partial charge in [0.25, 0.3) is 0 Å². The molecule has 1 aromatic carbocycles. The number of hydrogen-bond acceptors (Lipinski definition) is 5. The van der Waals surface area contributed by atoms with Crippen LogP contribution >= 0.6 is 0 Å². The minimum absolute atomic E-state index is 0.0654. The van der Waals surface area contributed by atoms with Gasteiger partial charge in [-0.15, -0.1) is 0 Å². The lowest BCUT2D eigenvalue weighted by atomic mass is 9.98. The minimum Gasteiger partial charge on any atom is -0.490 e. The molecule has 0 bridgehead atoms. The van der Waals surface area contributed by atoms with E-state index in [1.165, 1.54) is 0 Å². The molecule has 0 aliphatic carbocycles. The number of nitrogens with one attached hydrogen (secondary N) is 1. The maximum absolute atomic E-state index is 11.6. The lowest BCUT2D eigenvalue weighted by Crippen LogP contribution is -2.27. The van der Waals surface area contributed by atoms with E-state index in [4.69, 9.17) is 4.74 Å². The van der Waals surface area contributed by atoms with Crippen LogP contribution in [-0.4, -0.2) is 33.2 Å². The first-order chi connectivity index (χ1) is 14.6. The van der Waals surface area contributed by atoms with Crippen molar-refractivity contribution in [2.45, 2.75) is 66.9 Å². The average Bonchev–Trinajstić information content (AvgIpc) is 2.67. The molecule has 7 heteroatoms. The first-order valence-corrected chi connectivity index (χ1v) is 10.5. The van der Waals surface area contributed by atoms with Crippen LogP contribution in [0.3, 0.4) is 0 Å². The fourth-order valence-corrected chi connectivity index (χ4v) is 3.69. The maximum atomic E-state index is 11.6. The minimum atomic E-state index is -1.60. The Morgan fingerprint density at radius 3 is 2.03 bits per heavy atom. The van der Waals surface area contributed by atoms with E-state index in [-0.39, 0.29) is 12.5 Å². The lowest BCUT2D eigenvalue weighted by molar-refractivity contribution is -0.154. The van der Waals surface area contributed by atoms with Gasteiger partial charge in [0.1, 0.15) is 11.6 Å². The van der Waals surface area contributed by atoms with E-state index >= 15 is 0 Å². The summed E-state index contributed by atoms with van der Waals surface area (Å²) in [5.74, 6) is -3.50. The van der Waals surface area contributed by atoms with Crippen molar-refractivity contribution in [1.29, 1.82) is 0 Å². The zero-order chi connectivity index (χ0) is 23.3. The number of benzene rings is 1. The number of aromatic nitrogens is 1. The van der Waals surface area contributed by atoms with Crippen LogP contribution in [0.15, 0.2) is 18.2 Å². The van der Waals surface area contributed by atoms with E-state index in [9.17, 15) is 19.8 Å². The Kier molecular flexibility index (Phi) is 8.02. The summed E-state index contributed by atoms with van der Waals surface area (Å²) in [6.07, 6.45) is 1.25. The molecule has 0 aliphatic heterocycles. The molecule has 0 radical (unpaired) electrons. The van der Waals surface area contributed by atoms with Crippen molar-refractivity contribution in [3.8, 4) is 5.75 Å². The largest absolute Gasteiger partial charge is 0.490 e. The quantitative estimate of drug-likeness (QED) is 0.459. The molecular weight excluding hydrogens is 396 g/mol. The molecule has 2 rings (SSSR count). The van der Waals surface area contributed by atoms with Gasteiger partial charge in [0.2, 0.25) is 0 Å². The first kappa shape index (κ1) is 24.2. The zero-order valence-electron chi connectivity index (χ0n) is 19.1. The highest BCUT2D eigenvalue weighted by Crippen LogP contribution is 2.34. The van der Waals surface area contributed by atoms with Crippen molar-refractivity contribution in [2.24, 2.45) is 5.92 Å². The molecule has 0 atom stereocenters. The number of ether oxygens (including phenoxy) is 1. The van der Waals surface area contributed by atoms with Gasteiger partial charge >= 0.3 is 11.9 Å². The van der Waals surface area contributed by atoms with Crippen LogP contribution in [0.25, 0.3) is 0 Å². The van der Waals surface area contributed by atoms with E-state index in [0.29, 0.717) is 22.8 Å². The summed E-state index contributed by atoms with van der Waals surface area (Å²) < 4.78 is 6.18. The van der Waals surface area contributed by atoms with E-state index in [2.05, 4.69) is 10.3 Å². The third-order valence-electron chi connectivity index (χ3n) is 5.34. The standard InChI is InChI=1S/C24H32N2O5/c1-7-17(8-2)31-20-11-16(6)25-22(18(20)12-19(23(27)28)24(29)30)26-21-14(4)9-13(3)10-15(21)5/h9-11,17,19H,7-8,12H2,1-6H3,(H,25,26)(H,27,28)(H,29,30). The second-order valence-corrected chi connectivity index (χ2v) is 7.98. The molecule has 0 saturated heterocycles. The number of anilines is 2. The van der Waals surface area contributed by atoms with Crippen LogP contribution in [-0.2, 0) is 16.0 Å². The number of nitrogens with zero attached hydrogens (tertiary/aromatic N) is 1. The summed E-state index contributed by atoms with van der Waals surface area (Å²) in [7, 11) is 0. The average molecular weight is 429 g/mol. The highest BCUT2D eigenvalue weighted by Gasteiger charge is 2.30. The van der Waals surface area contributed by atoms with Gasteiger partial charge in [-0.1, -0.05) is 31.5 Å². The molecule has 0 saturated carbocycles. The summed E-state index contributed by atoms with van der Waals surface area (Å²) in [6, 6.07) is 5.84. The lowest BCUT2D eigenvalue weighted by Gasteiger charge is -2.23. The predicted molar refractivity (Wildman–Crippen MR) is 120 cm³/mol. The van der Waals surface area contributed by atoms with Crippen LogP contribution in [0.2, 0.25) is 0 Å². The number of carboxylic acid groups (broad SMARTS) is 2. The zero-order valence-corrected chi connectivity index (χ0v) is 19.1. The molecule has 0 fully saturated rings. The van der Waals surface area contributed by atoms with Gasteiger partial charge < -0.3 is 20.3 Å². The van der Waals surface area contributed by atoms with Gasteiger partial charge in [0.05, 0.1) is 6.10 Å². The summed E-state index contributed by atoms with van der Waals surface area (Å²) in [5.41, 5.74) is 5.17. The fourth-order valence-electron chi connectivity index (χ4n) is 3.69. The van der Waals surface area contributed by atoms with E-state index in [0.717, 1.165) is 35.2 Å². The van der Waals surface area contributed by atoms with Crippen molar-refractivity contribution in [3.05, 3.63) is 46.1 Å². The van der Waals surface area contributed by atoms with Crippen molar-refractivity contribution in [2.75, 3.05) is 5.32 Å². The molecule has 3 N–H and O–H groups in total. The fraction of sp³-hybridized carbons (Fsp3) is 0.458. The number of pyridine rings is 1. The maximum Gasteiger partial charge on any atom is 0.318 e. The summed E-state index contributed by atoms with van der Waals surface area (Å²) in [6.45, 7) is 11.8. The SMILES string of the molecule is CCC(CC)Oc1cc(C)nc(Nc2c(C)cc(C)cc2C)c1CC(C(=O)O)C(=O)O. The Balaban J connectivity index is 2.64. The first-order valence-electron chi connectivity index (χ1n) is 10.5. The molecule has 0 unspecified atom stereocenters. The van der Waals surface area contributed by atoms with Crippen molar-refractivity contribution in [1.82, 2.24) is 4.98 Å². The van der Waals surface area contributed by atoms with Gasteiger partial charge in [-0.2, -0.15) is 0 Å². The monoisotopic (exact) mass is 428 g/mol. The van der Waals surface area contributed by atoms with Crippen LogP contribution < -0.4 is 10.1 Å². The molecule has 1 heterocycles. The molecule has 168 valence electrons. The van der Waals surface area contributed by atoms with Crippen LogP contribution in [0.5, 0.6) is 5.75 Å². The molecular formula is C24H32N2O5. The van der Waals surface area contributed by atoms with Gasteiger partial charge in [0.15, 0.2) is 5.92 Å². The second-order valence-electron chi connectivity index (χ2n) is 7.98. The Bertz CT molecular complexity index is 930. The van der Waals surface area contributed by atoms with Gasteiger partial charge in [-0.25, -0.2) is 4.98 Å². The number of aryl methyl sites for hydroxylation is 4. The normalized spacial score (nSPS) is 11.1. The third-order valence-corrected chi connectivity index (χ3v) is 5.34. The molecule has 0 spiro atoms. The van der Waals surface area contributed by atoms with Crippen LogP contribution in [0, 0.1) is 33.6 Å². The number of aliphatic carboxylic acids is 2. The topological polar surface area (TPSA) is 109 Å². The second kappa shape index (κ2) is 10.3. The summed E-state index contributed by atoms with van der Waals surface area (Å²) in [4.78, 5) is 27.8. The van der Waals surface area contributed by atoms with E-state index in [1.54, 1.807) is 6.07 Å². The van der Waals surface area contributed by atoms with Gasteiger partial charge in [0, 0.05) is 29.4 Å². The van der Waals surface area contributed by atoms with Crippen molar-refractivity contribution >= 4 is 23.4 Å². The Morgan fingerprint density at radius 2 is 1.55 bits per heavy atom. The summed E-state index contributed by atoms with van der Waals surface area (Å²) in [5, 5.41) is 22.3. The van der Waals surface area contributed by atoms with Crippen LogP contribution in [0.4, 0.5) is 11.5 Å². The molecule has 2 aromatic rings. The highest BCUT2D eigenvalue weighted by molar-refractivity contribution is 5.93. The molecule has 31 heavy (non-hydrogen) atoms. The third kappa shape index (κ3) is 5.96. The summed E-state index contributed by atoms with van der Waals surface area (Å²) >= 11 is 0. The number of carbonyl (C=O) groups is 2. The molecule has 1 aromatic heterocycles. The van der Waals surface area contributed by atoms with E-state index in [1.807, 2.05) is 53.7 Å². The van der Waals surface area contributed by atoms with Crippen molar-refractivity contribution in [3.63, 3.8) is 0 Å². The highest BCUT2D eigenvalue weighted by atomic mass is 16.5. The number of hydrogen-bond donors (Lipinski definition) is 3. The molecule has 7 nitrogen and oxygen atoms in total.